The second kappa shape index (κ2) is 8.42. The molecule has 2 nitrogen and oxygen atoms in total. The van der Waals surface area contributed by atoms with Gasteiger partial charge in [-0.25, -0.2) is 4.39 Å². The minimum absolute atomic E-state index is 0.245. The van der Waals surface area contributed by atoms with Gasteiger partial charge in [-0.05, 0) is 77.1 Å². The molecule has 0 saturated carbocycles. The second-order valence-electron chi connectivity index (χ2n) is 7.45. The number of halogens is 1. The average Bonchev–Trinajstić information content (AvgIpc) is 2.75. The molecule has 0 radical (unpaired) electrons. The van der Waals surface area contributed by atoms with Crippen molar-refractivity contribution in [1.82, 2.24) is 0 Å². The zero-order valence-corrected chi connectivity index (χ0v) is 17.0. The molecule has 0 heterocycles. The summed E-state index contributed by atoms with van der Waals surface area (Å²) in [6.45, 7) is 4.39. The summed E-state index contributed by atoms with van der Waals surface area (Å²) < 4.78 is 20.4. The predicted molar refractivity (Wildman–Crippen MR) is 119 cm³/mol. The molecule has 4 rings (SSSR count). The predicted octanol–water partition coefficient (Wildman–Crippen LogP) is 7.06. The number of ether oxygens (including phenoxy) is 1. The highest BCUT2D eigenvalue weighted by Gasteiger charge is 2.12. The maximum Gasteiger partial charge on any atom is 0.165 e. The van der Waals surface area contributed by atoms with Gasteiger partial charge in [0.2, 0.25) is 0 Å². The molecule has 0 aliphatic carbocycles. The third kappa shape index (κ3) is 4.20. The van der Waals surface area contributed by atoms with Crippen molar-refractivity contribution in [2.24, 2.45) is 0 Å². The highest BCUT2D eigenvalue weighted by atomic mass is 19.1. The van der Waals surface area contributed by atoms with E-state index in [0.29, 0.717) is 6.61 Å². The van der Waals surface area contributed by atoms with E-state index in [4.69, 9.17) is 4.74 Å². The van der Waals surface area contributed by atoms with Gasteiger partial charge in [-0.2, -0.15) is 0 Å². The summed E-state index contributed by atoms with van der Waals surface area (Å²) in [5.74, 6) is 0.121. The molecule has 0 spiro atoms. The minimum Gasteiger partial charge on any atom is -0.508 e. The van der Waals surface area contributed by atoms with Crippen molar-refractivity contribution in [1.29, 1.82) is 0 Å². The molecule has 4 aromatic rings. The van der Waals surface area contributed by atoms with Gasteiger partial charge in [0.15, 0.2) is 11.6 Å². The molecule has 0 atom stereocenters. The smallest absolute Gasteiger partial charge is 0.165 e. The van der Waals surface area contributed by atoms with E-state index >= 15 is 0 Å². The maximum absolute atomic E-state index is 14.7. The van der Waals surface area contributed by atoms with E-state index in [1.165, 1.54) is 6.07 Å². The molecule has 3 heteroatoms. The fourth-order valence-electron chi connectivity index (χ4n) is 3.60. The molecule has 0 bridgehead atoms. The summed E-state index contributed by atoms with van der Waals surface area (Å²) in [6, 6.07) is 26.2. The van der Waals surface area contributed by atoms with Crippen molar-refractivity contribution in [3.8, 4) is 33.8 Å². The fraction of sp³-hybridized carbons (Fsp3) is 0.111. The van der Waals surface area contributed by atoms with E-state index in [0.717, 1.165) is 38.9 Å². The number of benzene rings is 4. The average molecular weight is 398 g/mol. The SMILES string of the molecule is Cc1cc(-c2ccc(OCc3ccccc3)c(F)c2)c(C)cc1-c1ccc(O)cc1. The molecule has 0 saturated heterocycles. The standard InChI is InChI=1S/C27H23FO2/c1-18-15-25(19(2)14-24(18)21-8-11-23(29)12-9-21)22-10-13-27(26(28)16-22)30-17-20-6-4-3-5-7-20/h3-16,29H,17H2,1-2H3. The van der Waals surface area contributed by atoms with E-state index in [2.05, 4.69) is 12.1 Å². The Hall–Kier alpha value is -3.59. The molecular weight excluding hydrogens is 375 g/mol. The molecule has 4 aromatic carbocycles. The number of phenolic OH excluding ortho intramolecular Hbond substituents is 1. The van der Waals surface area contributed by atoms with Gasteiger partial charge in [0, 0.05) is 0 Å². The highest BCUT2D eigenvalue weighted by molar-refractivity contribution is 5.76. The molecule has 0 fully saturated rings. The molecular formula is C27H23FO2. The number of hydrogen-bond donors (Lipinski definition) is 1. The van der Waals surface area contributed by atoms with Crippen LogP contribution in [-0.2, 0) is 6.61 Å². The molecule has 0 aliphatic heterocycles. The first-order chi connectivity index (χ1) is 14.5. The summed E-state index contributed by atoms with van der Waals surface area (Å²) in [5.41, 5.74) is 7.08. The number of aryl methyl sites for hydroxylation is 2. The Kier molecular flexibility index (Phi) is 5.53. The minimum atomic E-state index is -0.372. The lowest BCUT2D eigenvalue weighted by Crippen LogP contribution is -1.98. The van der Waals surface area contributed by atoms with Gasteiger partial charge in [-0.15, -0.1) is 0 Å². The van der Waals surface area contributed by atoms with Gasteiger partial charge < -0.3 is 9.84 Å². The van der Waals surface area contributed by atoms with Crippen LogP contribution in [-0.4, -0.2) is 5.11 Å². The van der Waals surface area contributed by atoms with Crippen LogP contribution in [0.5, 0.6) is 11.5 Å². The third-order valence-electron chi connectivity index (χ3n) is 5.23. The Morgan fingerprint density at radius 2 is 1.33 bits per heavy atom. The Morgan fingerprint density at radius 3 is 1.97 bits per heavy atom. The van der Waals surface area contributed by atoms with Crippen LogP contribution in [0.15, 0.2) is 84.9 Å². The topological polar surface area (TPSA) is 29.5 Å². The summed E-state index contributed by atoms with van der Waals surface area (Å²) in [7, 11) is 0. The van der Waals surface area contributed by atoms with Gasteiger partial charge in [0.05, 0.1) is 0 Å². The summed E-state index contributed by atoms with van der Waals surface area (Å²) in [6.07, 6.45) is 0. The first-order valence-corrected chi connectivity index (χ1v) is 9.88. The lowest BCUT2D eigenvalue weighted by atomic mass is 9.92. The van der Waals surface area contributed by atoms with Crippen LogP contribution < -0.4 is 4.74 Å². The van der Waals surface area contributed by atoms with Crippen molar-refractivity contribution in [3.05, 3.63) is 107 Å². The zero-order chi connectivity index (χ0) is 21.1. The van der Waals surface area contributed by atoms with Crippen molar-refractivity contribution in [2.75, 3.05) is 0 Å². The van der Waals surface area contributed by atoms with Crippen molar-refractivity contribution >= 4 is 0 Å². The first kappa shape index (κ1) is 19.7. The van der Waals surface area contributed by atoms with Crippen LogP contribution >= 0.6 is 0 Å². The molecule has 0 unspecified atom stereocenters. The Bertz CT molecular complexity index is 1170. The highest BCUT2D eigenvalue weighted by Crippen LogP contribution is 2.34. The van der Waals surface area contributed by atoms with Gasteiger partial charge in [0.1, 0.15) is 12.4 Å². The van der Waals surface area contributed by atoms with Crippen LogP contribution in [0.25, 0.3) is 22.3 Å². The van der Waals surface area contributed by atoms with Crippen molar-refractivity contribution in [3.63, 3.8) is 0 Å². The lowest BCUT2D eigenvalue weighted by molar-refractivity contribution is 0.290. The lowest BCUT2D eigenvalue weighted by Gasteiger charge is -2.14. The van der Waals surface area contributed by atoms with E-state index in [9.17, 15) is 9.50 Å². The summed E-state index contributed by atoms with van der Waals surface area (Å²) in [4.78, 5) is 0. The van der Waals surface area contributed by atoms with E-state index in [-0.39, 0.29) is 17.3 Å². The van der Waals surface area contributed by atoms with Crippen LogP contribution in [0.3, 0.4) is 0 Å². The first-order valence-electron chi connectivity index (χ1n) is 9.88. The number of hydrogen-bond acceptors (Lipinski definition) is 2. The Morgan fingerprint density at radius 1 is 0.733 bits per heavy atom. The van der Waals surface area contributed by atoms with Crippen LogP contribution in [0.1, 0.15) is 16.7 Å². The van der Waals surface area contributed by atoms with E-state index < -0.39 is 0 Å². The third-order valence-corrected chi connectivity index (χ3v) is 5.23. The van der Waals surface area contributed by atoms with Crippen molar-refractivity contribution < 1.29 is 14.2 Å². The molecule has 150 valence electrons. The molecule has 30 heavy (non-hydrogen) atoms. The zero-order valence-electron chi connectivity index (χ0n) is 17.0. The monoisotopic (exact) mass is 398 g/mol. The van der Waals surface area contributed by atoms with Gasteiger partial charge in [0.25, 0.3) is 0 Å². The van der Waals surface area contributed by atoms with Crippen LogP contribution in [0, 0.1) is 19.7 Å². The van der Waals surface area contributed by atoms with Crippen LogP contribution in [0.4, 0.5) is 4.39 Å². The number of aromatic hydroxyl groups is 1. The Balaban J connectivity index is 1.60. The molecule has 0 aromatic heterocycles. The summed E-state index contributed by atoms with van der Waals surface area (Å²) in [5, 5.41) is 9.53. The maximum atomic E-state index is 14.7. The summed E-state index contributed by atoms with van der Waals surface area (Å²) >= 11 is 0. The molecule has 0 amide bonds. The Labute approximate surface area is 176 Å². The normalized spacial score (nSPS) is 10.8. The molecule has 0 aliphatic rings. The van der Waals surface area contributed by atoms with E-state index in [1.54, 1.807) is 18.2 Å². The number of phenols is 1. The van der Waals surface area contributed by atoms with Crippen LogP contribution in [0.2, 0.25) is 0 Å². The van der Waals surface area contributed by atoms with Gasteiger partial charge in [-0.3, -0.25) is 0 Å². The number of rotatable bonds is 5. The second-order valence-corrected chi connectivity index (χ2v) is 7.45. The van der Waals surface area contributed by atoms with Crippen molar-refractivity contribution in [2.45, 2.75) is 20.5 Å². The largest absolute Gasteiger partial charge is 0.508 e. The van der Waals surface area contributed by atoms with Gasteiger partial charge >= 0.3 is 0 Å². The van der Waals surface area contributed by atoms with Gasteiger partial charge in [-0.1, -0.05) is 60.7 Å². The van der Waals surface area contributed by atoms with E-state index in [1.807, 2.05) is 62.4 Å². The molecule has 1 N–H and O–H groups in total. The quantitative estimate of drug-likeness (QED) is 0.390. The fourth-order valence-corrected chi connectivity index (χ4v) is 3.60.